The van der Waals surface area contributed by atoms with Crippen molar-refractivity contribution in [1.29, 1.82) is 0 Å². The molecule has 0 heterocycles. The Bertz CT molecular complexity index is 1180. The fourth-order valence-electron chi connectivity index (χ4n) is 4.29. The zero-order valence-electron chi connectivity index (χ0n) is 24.5. The van der Waals surface area contributed by atoms with Crippen molar-refractivity contribution in [2.45, 2.75) is 64.4 Å². The highest BCUT2D eigenvalue weighted by atomic mass is 16.6. The van der Waals surface area contributed by atoms with Gasteiger partial charge in [-0.1, -0.05) is 103 Å². The summed E-state index contributed by atoms with van der Waals surface area (Å²) >= 11 is 0. The zero-order chi connectivity index (χ0) is 29.5. The van der Waals surface area contributed by atoms with Crippen LogP contribution in [0.5, 0.6) is 0 Å². The number of ether oxygens (including phenoxy) is 4. The van der Waals surface area contributed by atoms with Crippen LogP contribution in [0.4, 0.5) is 4.79 Å². The maximum Gasteiger partial charge on any atom is 0.410 e. The Morgan fingerprint density at radius 2 is 1.27 bits per heavy atom. The number of hydrogen-bond donors (Lipinski definition) is 0. The molecule has 0 N–H and O–H groups in total. The molecule has 6 nitrogen and oxygen atoms in total. The van der Waals surface area contributed by atoms with Gasteiger partial charge in [0.25, 0.3) is 0 Å². The van der Waals surface area contributed by atoms with Gasteiger partial charge < -0.3 is 18.9 Å². The third kappa shape index (κ3) is 11.0. The van der Waals surface area contributed by atoms with Gasteiger partial charge in [0.2, 0.25) is 0 Å². The number of benzene rings is 3. The maximum atomic E-state index is 13.6. The van der Waals surface area contributed by atoms with Crippen molar-refractivity contribution >= 4 is 6.09 Å². The highest BCUT2D eigenvalue weighted by Gasteiger charge is 2.38. The Morgan fingerprint density at radius 1 is 0.780 bits per heavy atom. The van der Waals surface area contributed by atoms with Gasteiger partial charge in [-0.2, -0.15) is 0 Å². The van der Waals surface area contributed by atoms with Crippen LogP contribution in [0, 0.1) is 0 Å². The highest BCUT2D eigenvalue weighted by Crippen LogP contribution is 2.23. The second-order valence-electron chi connectivity index (χ2n) is 10.7. The van der Waals surface area contributed by atoms with E-state index >= 15 is 0 Å². The standard InChI is InChI=1S/C35H43NO5/c1-6-23-36(34(37)41-35(3,4)5)31(27-38-24-28-17-11-8-12-18-28)33(40-26-30-21-15-10-16-22-30)32(7-2)39-25-29-19-13-9-14-20-29/h6-22,31-33H,1-2,23-27H2,3-5H3/t31-,32-,33-/m1/s1. The van der Waals surface area contributed by atoms with Gasteiger partial charge in [-0.05, 0) is 37.5 Å². The van der Waals surface area contributed by atoms with Crippen LogP contribution in [0.25, 0.3) is 0 Å². The molecule has 0 fully saturated rings. The minimum Gasteiger partial charge on any atom is -0.444 e. The topological polar surface area (TPSA) is 57.2 Å². The van der Waals surface area contributed by atoms with E-state index in [9.17, 15) is 4.79 Å². The van der Waals surface area contributed by atoms with Crippen LogP contribution < -0.4 is 0 Å². The van der Waals surface area contributed by atoms with Crippen LogP contribution in [0.2, 0.25) is 0 Å². The number of carbonyl (C=O) groups is 1. The first-order valence-electron chi connectivity index (χ1n) is 14.0. The summed E-state index contributed by atoms with van der Waals surface area (Å²) in [6.07, 6.45) is 1.74. The second-order valence-corrected chi connectivity index (χ2v) is 10.7. The Morgan fingerprint density at radius 3 is 1.73 bits per heavy atom. The first-order valence-corrected chi connectivity index (χ1v) is 14.0. The van der Waals surface area contributed by atoms with E-state index in [-0.39, 0.29) is 13.2 Å². The average molecular weight is 558 g/mol. The van der Waals surface area contributed by atoms with E-state index in [1.54, 1.807) is 17.1 Å². The summed E-state index contributed by atoms with van der Waals surface area (Å²) in [7, 11) is 0. The molecule has 3 atom stereocenters. The quantitative estimate of drug-likeness (QED) is 0.172. The molecule has 6 heteroatoms. The van der Waals surface area contributed by atoms with E-state index in [2.05, 4.69) is 13.2 Å². The average Bonchev–Trinajstić information content (AvgIpc) is 2.97. The molecule has 3 aromatic carbocycles. The zero-order valence-corrected chi connectivity index (χ0v) is 24.5. The predicted molar refractivity (Wildman–Crippen MR) is 163 cm³/mol. The van der Waals surface area contributed by atoms with Crippen LogP contribution in [0.15, 0.2) is 116 Å². The molecule has 1 amide bonds. The largest absolute Gasteiger partial charge is 0.444 e. The van der Waals surface area contributed by atoms with Gasteiger partial charge in [0.15, 0.2) is 0 Å². The molecular formula is C35H43NO5. The normalized spacial score (nSPS) is 13.5. The van der Waals surface area contributed by atoms with Gasteiger partial charge in [0, 0.05) is 6.54 Å². The fourth-order valence-corrected chi connectivity index (χ4v) is 4.29. The minimum atomic E-state index is -0.687. The molecule has 0 spiro atoms. The predicted octanol–water partition coefficient (Wildman–Crippen LogP) is 7.35. The second kappa shape index (κ2) is 16.5. The van der Waals surface area contributed by atoms with E-state index in [1.807, 2.05) is 112 Å². The van der Waals surface area contributed by atoms with E-state index in [0.717, 1.165) is 16.7 Å². The van der Waals surface area contributed by atoms with Crippen molar-refractivity contribution in [2.24, 2.45) is 0 Å². The van der Waals surface area contributed by atoms with Crippen molar-refractivity contribution in [1.82, 2.24) is 4.90 Å². The van der Waals surface area contributed by atoms with E-state index in [1.165, 1.54) is 0 Å². The summed E-state index contributed by atoms with van der Waals surface area (Å²) in [6, 6.07) is 29.2. The molecule has 41 heavy (non-hydrogen) atoms. The Labute approximate surface area is 245 Å². The molecule has 0 saturated carbocycles. The van der Waals surface area contributed by atoms with Crippen LogP contribution in [-0.2, 0) is 38.8 Å². The van der Waals surface area contributed by atoms with Crippen LogP contribution in [0.3, 0.4) is 0 Å². The maximum absolute atomic E-state index is 13.6. The molecule has 0 aromatic heterocycles. The molecule has 0 bridgehead atoms. The van der Waals surface area contributed by atoms with Gasteiger partial charge in [0.1, 0.15) is 17.8 Å². The van der Waals surface area contributed by atoms with Gasteiger partial charge in [-0.3, -0.25) is 4.90 Å². The Kier molecular flexibility index (Phi) is 12.8. The first kappa shape index (κ1) is 31.8. The van der Waals surface area contributed by atoms with Crippen molar-refractivity contribution in [3.8, 4) is 0 Å². The van der Waals surface area contributed by atoms with Crippen LogP contribution in [-0.4, -0.2) is 48.0 Å². The molecule has 0 aliphatic carbocycles. The SMILES string of the molecule is C=CCN(C(=O)OC(C)(C)C)[C@H](COCc1ccccc1)[C@@H](OCc1ccccc1)[C@@H](C=C)OCc1ccccc1. The third-order valence-corrected chi connectivity index (χ3v) is 6.26. The van der Waals surface area contributed by atoms with Gasteiger partial charge in [-0.15, -0.1) is 13.2 Å². The monoisotopic (exact) mass is 557 g/mol. The summed E-state index contributed by atoms with van der Waals surface area (Å²) in [5.74, 6) is 0. The first-order chi connectivity index (χ1) is 19.8. The summed E-state index contributed by atoms with van der Waals surface area (Å²) in [5.41, 5.74) is 2.36. The van der Waals surface area contributed by atoms with Crippen molar-refractivity contribution in [2.75, 3.05) is 13.2 Å². The molecule has 218 valence electrons. The summed E-state index contributed by atoms with van der Waals surface area (Å²) < 4.78 is 25.0. The number of rotatable bonds is 16. The summed E-state index contributed by atoms with van der Waals surface area (Å²) in [4.78, 5) is 15.2. The van der Waals surface area contributed by atoms with Gasteiger partial charge in [0.05, 0.1) is 32.5 Å². The van der Waals surface area contributed by atoms with E-state index in [4.69, 9.17) is 18.9 Å². The lowest BCUT2D eigenvalue weighted by Crippen LogP contribution is -2.55. The fraction of sp³-hybridized carbons (Fsp3) is 0.343. The lowest BCUT2D eigenvalue weighted by molar-refractivity contribution is -0.115. The lowest BCUT2D eigenvalue weighted by atomic mass is 10.0. The molecule has 3 rings (SSSR count). The van der Waals surface area contributed by atoms with Crippen LogP contribution in [0.1, 0.15) is 37.5 Å². The van der Waals surface area contributed by atoms with Gasteiger partial charge in [-0.25, -0.2) is 4.79 Å². The Hall–Kier alpha value is -3.71. The molecule has 0 unspecified atom stereocenters. The Balaban J connectivity index is 1.94. The van der Waals surface area contributed by atoms with E-state index < -0.39 is 29.9 Å². The third-order valence-electron chi connectivity index (χ3n) is 6.26. The van der Waals surface area contributed by atoms with Gasteiger partial charge >= 0.3 is 6.09 Å². The summed E-state index contributed by atoms with van der Waals surface area (Å²) in [5, 5.41) is 0. The van der Waals surface area contributed by atoms with E-state index in [0.29, 0.717) is 19.8 Å². The minimum absolute atomic E-state index is 0.181. The van der Waals surface area contributed by atoms with Crippen LogP contribution >= 0.6 is 0 Å². The smallest absolute Gasteiger partial charge is 0.410 e. The number of nitrogens with zero attached hydrogens (tertiary/aromatic N) is 1. The molecule has 0 aliphatic heterocycles. The summed E-state index contributed by atoms with van der Waals surface area (Å²) in [6.45, 7) is 15.0. The molecule has 0 aliphatic rings. The van der Waals surface area contributed by atoms with Crippen molar-refractivity contribution in [3.05, 3.63) is 133 Å². The number of hydrogen-bond acceptors (Lipinski definition) is 5. The molecule has 3 aromatic rings. The number of carbonyl (C=O) groups excluding carboxylic acids is 1. The van der Waals surface area contributed by atoms with Crippen molar-refractivity contribution in [3.63, 3.8) is 0 Å². The number of amides is 1. The lowest BCUT2D eigenvalue weighted by Gasteiger charge is -2.39. The molecular weight excluding hydrogens is 514 g/mol. The molecule has 0 radical (unpaired) electrons. The highest BCUT2D eigenvalue weighted by molar-refractivity contribution is 5.69. The van der Waals surface area contributed by atoms with Crippen molar-refractivity contribution < 1.29 is 23.7 Å². The molecule has 0 saturated heterocycles.